The molecule has 4 amide bonds. The Hall–Kier alpha value is -2.55. The summed E-state index contributed by atoms with van der Waals surface area (Å²) in [6, 6.07) is 0. The first kappa shape index (κ1) is 20.7. The molecule has 162 valence electrons. The molecule has 9 heteroatoms. The molecule has 4 atom stereocenters. The van der Waals surface area contributed by atoms with Crippen LogP contribution in [-0.2, 0) is 33.4 Å². The maximum absolute atomic E-state index is 12.5. The van der Waals surface area contributed by atoms with Gasteiger partial charge in [-0.2, -0.15) is 0 Å². The van der Waals surface area contributed by atoms with E-state index >= 15 is 0 Å². The predicted molar refractivity (Wildman–Crippen MR) is 101 cm³/mol. The first-order valence-electron chi connectivity index (χ1n) is 10.7. The van der Waals surface area contributed by atoms with Crippen molar-refractivity contribution in [2.24, 2.45) is 11.8 Å². The summed E-state index contributed by atoms with van der Waals surface area (Å²) in [5, 5.41) is 0. The Bertz CT molecular complexity index is 746. The van der Waals surface area contributed by atoms with Crippen LogP contribution in [0.4, 0.5) is 0 Å². The lowest BCUT2D eigenvalue weighted by molar-refractivity contribution is -0.144. The first-order valence-corrected chi connectivity index (χ1v) is 10.7. The average molecular weight is 418 g/mol. The van der Waals surface area contributed by atoms with Crippen LogP contribution < -0.4 is 0 Å². The van der Waals surface area contributed by atoms with Crippen LogP contribution in [0.15, 0.2) is 12.2 Å². The average Bonchev–Trinajstić information content (AvgIpc) is 3.38. The summed E-state index contributed by atoms with van der Waals surface area (Å²) in [5.74, 6) is -1.63. The second-order valence-corrected chi connectivity index (χ2v) is 8.27. The summed E-state index contributed by atoms with van der Waals surface area (Å²) in [6.07, 6.45) is 6.74. The highest BCUT2D eigenvalue weighted by Crippen LogP contribution is 2.47. The van der Waals surface area contributed by atoms with Gasteiger partial charge in [-0.15, -0.1) is 0 Å². The van der Waals surface area contributed by atoms with E-state index in [-0.39, 0.29) is 73.2 Å². The second-order valence-electron chi connectivity index (χ2n) is 8.27. The van der Waals surface area contributed by atoms with Gasteiger partial charge < -0.3 is 9.47 Å². The van der Waals surface area contributed by atoms with Crippen LogP contribution in [-0.4, -0.2) is 71.3 Å². The van der Waals surface area contributed by atoms with Crippen molar-refractivity contribution < 1.29 is 33.4 Å². The largest absolute Gasteiger partial charge is 0.466 e. The minimum absolute atomic E-state index is 0.115. The van der Waals surface area contributed by atoms with E-state index in [1.54, 1.807) is 0 Å². The number of carbonyl (C=O) groups is 5. The molecule has 9 nitrogen and oxygen atoms in total. The number of carbonyl (C=O) groups excluding carboxylic acids is 5. The van der Waals surface area contributed by atoms with Crippen LogP contribution in [0.5, 0.6) is 0 Å². The Labute approximate surface area is 174 Å². The molecule has 0 N–H and O–H groups in total. The number of epoxide rings is 1. The zero-order valence-corrected chi connectivity index (χ0v) is 16.8. The number of hydrogen-bond donors (Lipinski definition) is 0. The minimum atomic E-state index is -0.324. The van der Waals surface area contributed by atoms with Gasteiger partial charge in [0.05, 0.1) is 30.7 Å². The fraction of sp³-hybridized carbons (Fsp3) is 0.667. The number of hydrogen-bond acceptors (Lipinski definition) is 7. The summed E-state index contributed by atoms with van der Waals surface area (Å²) in [7, 11) is 0. The number of esters is 1. The predicted octanol–water partition coefficient (Wildman–Crippen LogP) is 0.568. The van der Waals surface area contributed by atoms with Crippen molar-refractivity contribution in [3.63, 3.8) is 0 Å². The normalized spacial score (nSPS) is 29.5. The molecule has 0 aromatic carbocycles. The Kier molecular flexibility index (Phi) is 5.99. The van der Waals surface area contributed by atoms with Gasteiger partial charge in [0.1, 0.15) is 0 Å². The fourth-order valence-electron chi connectivity index (χ4n) is 4.55. The van der Waals surface area contributed by atoms with Crippen molar-refractivity contribution in [2.45, 2.75) is 57.2 Å². The lowest BCUT2D eigenvalue weighted by atomic mass is 9.81. The molecule has 0 aromatic rings. The van der Waals surface area contributed by atoms with Crippen molar-refractivity contribution in [3.05, 3.63) is 12.2 Å². The molecule has 3 aliphatic heterocycles. The molecule has 2 unspecified atom stereocenters. The SMILES string of the molecule is O=C(CCCCCN1C(=O)C=CC1=O)OCCCN1C(=O)[C@H]2CC3OC3C[C@H]2C1=O. The zero-order chi connectivity index (χ0) is 21.3. The van der Waals surface area contributed by atoms with Crippen molar-refractivity contribution in [2.75, 3.05) is 19.7 Å². The van der Waals surface area contributed by atoms with E-state index in [4.69, 9.17) is 9.47 Å². The molecule has 2 saturated heterocycles. The van der Waals surface area contributed by atoms with Gasteiger partial charge in [-0.1, -0.05) is 6.42 Å². The van der Waals surface area contributed by atoms with Gasteiger partial charge in [-0.05, 0) is 32.1 Å². The van der Waals surface area contributed by atoms with Crippen molar-refractivity contribution in [1.82, 2.24) is 9.80 Å². The van der Waals surface area contributed by atoms with Gasteiger partial charge in [-0.25, -0.2) is 0 Å². The lowest BCUT2D eigenvalue weighted by Crippen LogP contribution is -2.32. The summed E-state index contributed by atoms with van der Waals surface area (Å²) in [6.45, 7) is 0.801. The molecule has 1 aliphatic carbocycles. The number of unbranched alkanes of at least 4 members (excludes halogenated alkanes) is 2. The molecule has 0 radical (unpaired) electrons. The van der Waals surface area contributed by atoms with Gasteiger partial charge in [0, 0.05) is 31.7 Å². The molecule has 4 aliphatic rings. The smallest absolute Gasteiger partial charge is 0.305 e. The summed E-state index contributed by atoms with van der Waals surface area (Å²) in [4.78, 5) is 62.1. The van der Waals surface area contributed by atoms with E-state index in [0.717, 1.165) is 0 Å². The van der Waals surface area contributed by atoms with E-state index in [2.05, 4.69) is 0 Å². The molecule has 4 rings (SSSR count). The number of rotatable bonds is 10. The highest BCUT2D eigenvalue weighted by atomic mass is 16.6. The van der Waals surface area contributed by atoms with Crippen LogP contribution in [0, 0.1) is 11.8 Å². The molecule has 1 saturated carbocycles. The molecule has 30 heavy (non-hydrogen) atoms. The third-order valence-electron chi connectivity index (χ3n) is 6.26. The van der Waals surface area contributed by atoms with Gasteiger partial charge in [-0.3, -0.25) is 33.8 Å². The fourth-order valence-corrected chi connectivity index (χ4v) is 4.55. The highest BCUT2D eigenvalue weighted by Gasteiger charge is 2.58. The van der Waals surface area contributed by atoms with Crippen LogP contribution in [0.1, 0.15) is 44.9 Å². The van der Waals surface area contributed by atoms with Crippen molar-refractivity contribution in [1.29, 1.82) is 0 Å². The van der Waals surface area contributed by atoms with Gasteiger partial charge in [0.15, 0.2) is 0 Å². The molecule has 3 heterocycles. The number of ether oxygens (including phenoxy) is 2. The van der Waals surface area contributed by atoms with Crippen LogP contribution in [0.25, 0.3) is 0 Å². The molecular formula is C21H26N2O7. The van der Waals surface area contributed by atoms with Crippen LogP contribution >= 0.6 is 0 Å². The summed E-state index contributed by atoms with van der Waals surface area (Å²) < 4.78 is 10.6. The van der Waals surface area contributed by atoms with E-state index < -0.39 is 0 Å². The monoisotopic (exact) mass is 418 g/mol. The highest BCUT2D eigenvalue weighted by molar-refractivity contribution is 6.12. The van der Waals surface area contributed by atoms with Crippen LogP contribution in [0.2, 0.25) is 0 Å². The van der Waals surface area contributed by atoms with Gasteiger partial charge in [0.2, 0.25) is 11.8 Å². The van der Waals surface area contributed by atoms with E-state index in [9.17, 15) is 24.0 Å². The standard InChI is InChI=1S/C21H26N2O7/c24-17-6-7-18(25)22(17)8-3-1-2-5-19(26)29-10-4-9-23-20(27)13-11-15-16(30-15)12-14(13)21(23)28/h6-7,13-16H,1-5,8-12H2/t13-,14+,15?,16?. The molecule has 0 aromatic heterocycles. The third-order valence-corrected chi connectivity index (χ3v) is 6.26. The number of imide groups is 2. The third kappa shape index (κ3) is 4.30. The molecule has 3 fully saturated rings. The number of amides is 4. The van der Waals surface area contributed by atoms with E-state index in [1.165, 1.54) is 22.0 Å². The van der Waals surface area contributed by atoms with E-state index in [1.807, 2.05) is 0 Å². The second kappa shape index (κ2) is 8.67. The number of fused-ring (bicyclic) bond motifs is 2. The topological polar surface area (TPSA) is 114 Å². The number of nitrogens with zero attached hydrogens (tertiary/aromatic N) is 2. The molecular weight excluding hydrogens is 392 g/mol. The zero-order valence-electron chi connectivity index (χ0n) is 16.8. The number of likely N-dealkylation sites (tertiary alicyclic amines) is 1. The summed E-state index contributed by atoms with van der Waals surface area (Å²) >= 11 is 0. The van der Waals surface area contributed by atoms with Crippen molar-refractivity contribution >= 4 is 29.6 Å². The van der Waals surface area contributed by atoms with Crippen LogP contribution in [0.3, 0.4) is 0 Å². The lowest BCUT2D eigenvalue weighted by Gasteiger charge is -2.16. The molecule has 0 spiro atoms. The quantitative estimate of drug-likeness (QED) is 0.220. The van der Waals surface area contributed by atoms with Crippen molar-refractivity contribution in [3.8, 4) is 0 Å². The Morgan fingerprint density at radius 1 is 0.867 bits per heavy atom. The Balaban J connectivity index is 1.06. The maximum Gasteiger partial charge on any atom is 0.305 e. The minimum Gasteiger partial charge on any atom is -0.466 e. The van der Waals surface area contributed by atoms with Gasteiger partial charge >= 0.3 is 5.97 Å². The maximum atomic E-state index is 12.5. The van der Waals surface area contributed by atoms with Gasteiger partial charge in [0.25, 0.3) is 11.8 Å². The Morgan fingerprint density at radius 2 is 1.47 bits per heavy atom. The van der Waals surface area contributed by atoms with E-state index in [0.29, 0.717) is 45.1 Å². The molecule has 0 bridgehead atoms. The summed E-state index contributed by atoms with van der Waals surface area (Å²) in [5.41, 5.74) is 0. The Morgan fingerprint density at radius 3 is 2.10 bits per heavy atom. The first-order chi connectivity index (χ1) is 14.5.